The Bertz CT molecular complexity index is 363. The van der Waals surface area contributed by atoms with Crippen molar-refractivity contribution in [2.75, 3.05) is 19.5 Å². The average molecular weight is 281 g/mol. The van der Waals surface area contributed by atoms with Crippen LogP contribution in [0.2, 0.25) is 0 Å². The van der Waals surface area contributed by atoms with Crippen LogP contribution in [0.5, 0.6) is 0 Å². The number of hydrogen-bond donors (Lipinski definition) is 3. The fraction of sp³-hybridized carbons (Fsp3) is 0.900. The van der Waals surface area contributed by atoms with E-state index in [0.717, 1.165) is 0 Å². The largest absolute Gasteiger partial charge is 0.409 e. The predicted octanol–water partition coefficient (Wildman–Crippen LogP) is 0.248. The van der Waals surface area contributed by atoms with Crippen LogP contribution in [0.25, 0.3) is 0 Å². The molecular formula is C10H23N3O4S. The van der Waals surface area contributed by atoms with Crippen LogP contribution >= 0.6 is 0 Å². The number of ether oxygens (including phenoxy) is 1. The summed E-state index contributed by atoms with van der Waals surface area (Å²) in [7, 11) is -1.98. The molecular weight excluding hydrogens is 258 g/mol. The van der Waals surface area contributed by atoms with Crippen molar-refractivity contribution in [3.05, 3.63) is 0 Å². The van der Waals surface area contributed by atoms with Gasteiger partial charge in [0.2, 0.25) is 10.0 Å². The summed E-state index contributed by atoms with van der Waals surface area (Å²) in [4.78, 5) is 0. The first-order chi connectivity index (χ1) is 8.37. The summed E-state index contributed by atoms with van der Waals surface area (Å²) in [6, 6.07) is 0. The first-order valence-corrected chi connectivity index (χ1v) is 7.51. The average Bonchev–Trinajstić information content (AvgIpc) is 2.35. The summed E-state index contributed by atoms with van der Waals surface area (Å²) in [5.41, 5.74) is 4.56. The lowest BCUT2D eigenvalue weighted by molar-refractivity contribution is 0.199. The highest BCUT2D eigenvalue weighted by Gasteiger charge is 2.35. The van der Waals surface area contributed by atoms with Crippen LogP contribution in [0.3, 0.4) is 0 Å². The second-order valence-corrected chi connectivity index (χ2v) is 5.88. The summed E-state index contributed by atoms with van der Waals surface area (Å²) in [6.07, 6.45) is 1.21. The fourth-order valence-corrected chi connectivity index (χ4v) is 3.24. The number of nitrogens with zero attached hydrogens (tertiary/aromatic N) is 1. The van der Waals surface area contributed by atoms with Crippen molar-refractivity contribution in [3.8, 4) is 0 Å². The van der Waals surface area contributed by atoms with Crippen LogP contribution in [-0.4, -0.2) is 44.5 Å². The molecule has 108 valence electrons. The zero-order valence-corrected chi connectivity index (χ0v) is 12.0. The van der Waals surface area contributed by atoms with E-state index in [-0.39, 0.29) is 11.6 Å². The maximum Gasteiger partial charge on any atom is 0.212 e. The Kier molecular flexibility index (Phi) is 7.19. The monoisotopic (exact) mass is 281 g/mol. The number of hydrogen-bond acceptors (Lipinski definition) is 5. The highest BCUT2D eigenvalue weighted by Crippen LogP contribution is 2.17. The minimum Gasteiger partial charge on any atom is -0.409 e. The van der Waals surface area contributed by atoms with Crippen molar-refractivity contribution >= 4 is 15.9 Å². The lowest BCUT2D eigenvalue weighted by atomic mass is 9.93. The number of methoxy groups -OCH3 is 1. The molecule has 0 radical (unpaired) electrons. The van der Waals surface area contributed by atoms with E-state index in [1.165, 1.54) is 7.11 Å². The number of rotatable bonds is 9. The standard InChI is InChI=1S/C10H23N3O4S/c1-4-10(5-2,9(11)12-14)13-18(15,16)8-6-7-17-3/h13-14H,4-8H2,1-3H3,(H2,11,12). The Morgan fingerprint density at radius 3 is 2.39 bits per heavy atom. The predicted molar refractivity (Wildman–Crippen MR) is 70.1 cm³/mol. The van der Waals surface area contributed by atoms with Crippen LogP contribution in [-0.2, 0) is 14.8 Å². The molecule has 0 atom stereocenters. The zero-order chi connectivity index (χ0) is 14.2. The van der Waals surface area contributed by atoms with Gasteiger partial charge in [0.25, 0.3) is 0 Å². The van der Waals surface area contributed by atoms with Crippen molar-refractivity contribution in [2.45, 2.75) is 38.6 Å². The molecule has 0 saturated carbocycles. The van der Waals surface area contributed by atoms with Gasteiger partial charge >= 0.3 is 0 Å². The summed E-state index contributed by atoms with van der Waals surface area (Å²) < 4.78 is 31.1. The molecule has 7 nitrogen and oxygen atoms in total. The van der Waals surface area contributed by atoms with Gasteiger partial charge < -0.3 is 15.7 Å². The van der Waals surface area contributed by atoms with E-state index in [9.17, 15) is 8.42 Å². The second-order valence-electron chi connectivity index (χ2n) is 4.04. The molecule has 0 fully saturated rings. The molecule has 0 amide bonds. The van der Waals surface area contributed by atoms with Gasteiger partial charge in [0.05, 0.1) is 11.3 Å². The van der Waals surface area contributed by atoms with Gasteiger partial charge in [-0.15, -0.1) is 0 Å². The second kappa shape index (κ2) is 7.55. The number of nitrogens with two attached hydrogens (primary N) is 1. The highest BCUT2D eigenvalue weighted by molar-refractivity contribution is 7.89. The Morgan fingerprint density at radius 1 is 1.44 bits per heavy atom. The van der Waals surface area contributed by atoms with E-state index in [4.69, 9.17) is 15.7 Å². The maximum atomic E-state index is 11.9. The molecule has 0 aliphatic heterocycles. The van der Waals surface area contributed by atoms with Gasteiger partial charge in [-0.25, -0.2) is 13.1 Å². The molecule has 0 rings (SSSR count). The summed E-state index contributed by atoms with van der Waals surface area (Å²) in [5.74, 6) is -0.177. The minimum absolute atomic E-state index is 0.0543. The van der Waals surface area contributed by atoms with Crippen LogP contribution in [0.1, 0.15) is 33.1 Å². The molecule has 0 aromatic rings. The van der Waals surface area contributed by atoms with Crippen molar-refractivity contribution in [3.63, 3.8) is 0 Å². The van der Waals surface area contributed by atoms with Gasteiger partial charge in [-0.1, -0.05) is 19.0 Å². The van der Waals surface area contributed by atoms with E-state index in [2.05, 4.69) is 9.88 Å². The van der Waals surface area contributed by atoms with Crippen molar-refractivity contribution in [2.24, 2.45) is 10.9 Å². The van der Waals surface area contributed by atoms with E-state index in [1.807, 2.05) is 0 Å². The molecule has 0 saturated heterocycles. The first kappa shape index (κ1) is 17.1. The number of amidine groups is 1. The summed E-state index contributed by atoms with van der Waals surface area (Å²) in [6.45, 7) is 3.92. The molecule has 4 N–H and O–H groups in total. The van der Waals surface area contributed by atoms with Gasteiger partial charge in [-0.05, 0) is 19.3 Å². The third kappa shape index (κ3) is 4.79. The molecule has 0 bridgehead atoms. The Hall–Kier alpha value is -0.860. The quantitative estimate of drug-likeness (QED) is 0.184. The van der Waals surface area contributed by atoms with Gasteiger partial charge in [-0.3, -0.25) is 0 Å². The van der Waals surface area contributed by atoms with E-state index >= 15 is 0 Å². The molecule has 0 aromatic heterocycles. The summed E-state index contributed by atoms with van der Waals surface area (Å²) >= 11 is 0. The molecule has 0 spiro atoms. The van der Waals surface area contributed by atoms with E-state index in [1.54, 1.807) is 13.8 Å². The van der Waals surface area contributed by atoms with Crippen molar-refractivity contribution < 1.29 is 18.4 Å². The smallest absolute Gasteiger partial charge is 0.212 e. The normalized spacial score (nSPS) is 13.8. The third-order valence-electron chi connectivity index (χ3n) is 2.92. The van der Waals surface area contributed by atoms with Crippen molar-refractivity contribution in [1.29, 1.82) is 0 Å². The number of oxime groups is 1. The van der Waals surface area contributed by atoms with Crippen LogP contribution in [0.4, 0.5) is 0 Å². The lowest BCUT2D eigenvalue weighted by Crippen LogP contribution is -2.57. The SMILES string of the molecule is CCC(CC)(NS(=O)(=O)CCCOC)C(N)=NO. The zero-order valence-electron chi connectivity index (χ0n) is 11.1. The van der Waals surface area contributed by atoms with Gasteiger partial charge in [0.15, 0.2) is 5.84 Å². The molecule has 0 unspecified atom stereocenters. The fourth-order valence-electron chi connectivity index (χ4n) is 1.65. The van der Waals surface area contributed by atoms with Crippen molar-refractivity contribution in [1.82, 2.24) is 4.72 Å². The van der Waals surface area contributed by atoms with Crippen LogP contribution in [0.15, 0.2) is 5.16 Å². The molecule has 0 aromatic carbocycles. The van der Waals surface area contributed by atoms with Gasteiger partial charge in [-0.2, -0.15) is 0 Å². The number of nitrogens with one attached hydrogen (secondary N) is 1. The highest BCUT2D eigenvalue weighted by atomic mass is 32.2. The molecule has 8 heteroatoms. The van der Waals surface area contributed by atoms with Gasteiger partial charge in [0, 0.05) is 13.7 Å². The molecule has 18 heavy (non-hydrogen) atoms. The molecule has 0 aliphatic rings. The van der Waals surface area contributed by atoms with E-state index < -0.39 is 15.6 Å². The van der Waals surface area contributed by atoms with Crippen LogP contribution in [0, 0.1) is 0 Å². The first-order valence-electron chi connectivity index (χ1n) is 5.86. The Balaban J connectivity index is 4.88. The Labute approximate surface area is 108 Å². The molecule has 0 heterocycles. The van der Waals surface area contributed by atoms with Crippen LogP contribution < -0.4 is 10.5 Å². The third-order valence-corrected chi connectivity index (χ3v) is 4.45. The lowest BCUT2D eigenvalue weighted by Gasteiger charge is -2.30. The maximum absolute atomic E-state index is 11.9. The van der Waals surface area contributed by atoms with Gasteiger partial charge in [0.1, 0.15) is 0 Å². The Morgan fingerprint density at radius 2 is 2.00 bits per heavy atom. The summed E-state index contributed by atoms with van der Waals surface area (Å²) in [5, 5.41) is 11.7. The molecule has 0 aliphatic carbocycles. The number of sulfonamides is 1. The van der Waals surface area contributed by atoms with E-state index in [0.29, 0.717) is 25.9 Å². The topological polar surface area (TPSA) is 114 Å². The minimum atomic E-state index is -3.49.